The maximum Gasteiger partial charge on any atom is 0.181 e. The predicted molar refractivity (Wildman–Crippen MR) is 80.6 cm³/mol. The molecule has 1 aromatic heterocycles. The van der Waals surface area contributed by atoms with Gasteiger partial charge in [-0.25, -0.2) is 4.98 Å². The Kier molecular flexibility index (Phi) is 2.81. The van der Waals surface area contributed by atoms with Crippen LogP contribution >= 0.6 is 11.8 Å². The maximum atomic E-state index is 4.66. The zero-order chi connectivity index (χ0) is 13.4. The lowest BCUT2D eigenvalue weighted by molar-refractivity contribution is 0.857. The van der Waals surface area contributed by atoms with Crippen LogP contribution in [0.15, 0.2) is 59.5 Å². The van der Waals surface area contributed by atoms with Crippen LogP contribution in [-0.2, 0) is 6.42 Å². The molecule has 3 aromatic rings. The lowest BCUT2D eigenvalue weighted by Gasteiger charge is -2.02. The Morgan fingerprint density at radius 2 is 1.80 bits per heavy atom. The Labute approximate surface area is 121 Å². The van der Waals surface area contributed by atoms with Crippen molar-refractivity contribution in [3.63, 3.8) is 0 Å². The molecule has 1 aliphatic heterocycles. The second-order valence-electron chi connectivity index (χ2n) is 4.83. The zero-order valence-corrected chi connectivity index (χ0v) is 11.6. The number of fused-ring (bicyclic) bond motifs is 1. The first-order valence-corrected chi connectivity index (χ1v) is 7.50. The van der Waals surface area contributed by atoms with Crippen LogP contribution in [0, 0.1) is 0 Å². The molecule has 4 rings (SSSR count). The van der Waals surface area contributed by atoms with Gasteiger partial charge in [0, 0.05) is 10.5 Å². The van der Waals surface area contributed by atoms with Gasteiger partial charge in [-0.05, 0) is 18.1 Å². The summed E-state index contributed by atoms with van der Waals surface area (Å²) in [4.78, 5) is 6.01. The first kappa shape index (κ1) is 11.7. The number of hydrogen-bond acceptors (Lipinski definition) is 3. The van der Waals surface area contributed by atoms with E-state index in [9.17, 15) is 0 Å². The van der Waals surface area contributed by atoms with Gasteiger partial charge in [-0.15, -0.1) is 11.8 Å². The van der Waals surface area contributed by atoms with Crippen LogP contribution in [0.4, 0.5) is 0 Å². The number of hydrogen-bond donors (Lipinski definition) is 1. The van der Waals surface area contributed by atoms with Crippen molar-refractivity contribution in [3.05, 3.63) is 66.0 Å². The molecule has 0 saturated heterocycles. The standard InChI is InChI=1S/C16H13N3S/c1-2-6-11(7-3-1)15-17-16(19-18-15)14-10-12-8-4-5-9-13(12)20-14/h1-9,14H,10H2,(H,17,18,19). The zero-order valence-electron chi connectivity index (χ0n) is 10.8. The Hall–Kier alpha value is -2.07. The smallest absolute Gasteiger partial charge is 0.181 e. The molecule has 2 heterocycles. The number of rotatable bonds is 2. The summed E-state index contributed by atoms with van der Waals surface area (Å²) in [6.07, 6.45) is 1.02. The fourth-order valence-corrected chi connectivity index (χ4v) is 3.72. The third kappa shape index (κ3) is 2.02. The van der Waals surface area contributed by atoms with Crippen molar-refractivity contribution in [1.82, 2.24) is 15.2 Å². The van der Waals surface area contributed by atoms with Gasteiger partial charge in [0.1, 0.15) is 5.82 Å². The van der Waals surface area contributed by atoms with Crippen LogP contribution in [0.3, 0.4) is 0 Å². The van der Waals surface area contributed by atoms with E-state index >= 15 is 0 Å². The summed E-state index contributed by atoms with van der Waals surface area (Å²) in [5, 5.41) is 7.79. The van der Waals surface area contributed by atoms with Gasteiger partial charge in [0.2, 0.25) is 0 Å². The van der Waals surface area contributed by atoms with Gasteiger partial charge in [-0.2, -0.15) is 5.10 Å². The molecule has 0 fully saturated rings. The number of thioether (sulfide) groups is 1. The highest BCUT2D eigenvalue weighted by Crippen LogP contribution is 2.45. The highest BCUT2D eigenvalue weighted by Gasteiger charge is 2.26. The Morgan fingerprint density at radius 1 is 1.00 bits per heavy atom. The molecule has 2 aromatic carbocycles. The minimum absolute atomic E-state index is 0.345. The van der Waals surface area contributed by atoms with E-state index < -0.39 is 0 Å². The van der Waals surface area contributed by atoms with E-state index in [2.05, 4.69) is 39.4 Å². The van der Waals surface area contributed by atoms with Gasteiger partial charge in [-0.3, -0.25) is 5.10 Å². The molecule has 0 amide bonds. The second kappa shape index (κ2) is 4.80. The van der Waals surface area contributed by atoms with Gasteiger partial charge in [0.05, 0.1) is 5.25 Å². The Balaban J connectivity index is 1.61. The van der Waals surface area contributed by atoms with Gasteiger partial charge in [0.25, 0.3) is 0 Å². The second-order valence-corrected chi connectivity index (χ2v) is 6.07. The summed E-state index contributed by atoms with van der Waals surface area (Å²) in [5.41, 5.74) is 2.45. The highest BCUT2D eigenvalue weighted by atomic mass is 32.2. The van der Waals surface area contributed by atoms with E-state index in [1.54, 1.807) is 0 Å². The molecule has 3 nitrogen and oxygen atoms in total. The molecule has 1 aliphatic rings. The minimum atomic E-state index is 0.345. The number of H-pyrrole nitrogens is 1. The van der Waals surface area contributed by atoms with E-state index in [1.165, 1.54) is 10.5 Å². The van der Waals surface area contributed by atoms with Crippen LogP contribution in [0.5, 0.6) is 0 Å². The maximum absolute atomic E-state index is 4.66. The normalized spacial score (nSPS) is 17.1. The molecule has 0 radical (unpaired) electrons. The summed E-state index contributed by atoms with van der Waals surface area (Å²) in [6.45, 7) is 0. The van der Waals surface area contributed by atoms with Gasteiger partial charge in [-0.1, -0.05) is 48.5 Å². The van der Waals surface area contributed by atoms with Gasteiger partial charge in [0.15, 0.2) is 5.82 Å². The first-order chi connectivity index (χ1) is 9.90. The minimum Gasteiger partial charge on any atom is -0.262 e. The SMILES string of the molecule is c1ccc(-c2n[nH]c(C3Cc4ccccc4S3)n2)cc1. The molecule has 20 heavy (non-hydrogen) atoms. The molecule has 0 aliphatic carbocycles. The monoisotopic (exact) mass is 279 g/mol. The number of aromatic amines is 1. The van der Waals surface area contributed by atoms with Gasteiger partial charge >= 0.3 is 0 Å². The molecular weight excluding hydrogens is 266 g/mol. The number of nitrogens with one attached hydrogen (secondary N) is 1. The average Bonchev–Trinajstić information content (AvgIpc) is 3.14. The molecule has 1 N–H and O–H groups in total. The van der Waals surface area contributed by atoms with E-state index in [4.69, 9.17) is 0 Å². The van der Waals surface area contributed by atoms with Crippen LogP contribution in [0.25, 0.3) is 11.4 Å². The summed E-state index contributed by atoms with van der Waals surface area (Å²) >= 11 is 1.86. The van der Waals surface area contributed by atoms with Crippen molar-refractivity contribution in [2.45, 2.75) is 16.6 Å². The molecule has 98 valence electrons. The van der Waals surface area contributed by atoms with Crippen molar-refractivity contribution in [1.29, 1.82) is 0 Å². The van der Waals surface area contributed by atoms with Crippen LogP contribution in [-0.4, -0.2) is 15.2 Å². The van der Waals surface area contributed by atoms with Crippen molar-refractivity contribution in [2.75, 3.05) is 0 Å². The van der Waals surface area contributed by atoms with E-state index in [0.29, 0.717) is 5.25 Å². The summed E-state index contributed by atoms with van der Waals surface area (Å²) < 4.78 is 0. The average molecular weight is 279 g/mol. The molecule has 0 spiro atoms. The van der Waals surface area contributed by atoms with E-state index in [0.717, 1.165) is 23.6 Å². The lowest BCUT2D eigenvalue weighted by atomic mass is 10.1. The van der Waals surface area contributed by atoms with Crippen LogP contribution in [0.2, 0.25) is 0 Å². The predicted octanol–water partition coefficient (Wildman–Crippen LogP) is 3.86. The molecular formula is C16H13N3S. The fraction of sp³-hybridized carbons (Fsp3) is 0.125. The van der Waals surface area contributed by atoms with Crippen LogP contribution < -0.4 is 0 Å². The highest BCUT2D eigenvalue weighted by molar-refractivity contribution is 7.99. The van der Waals surface area contributed by atoms with Crippen molar-refractivity contribution in [2.24, 2.45) is 0 Å². The number of aromatic nitrogens is 3. The van der Waals surface area contributed by atoms with Crippen molar-refractivity contribution < 1.29 is 0 Å². The van der Waals surface area contributed by atoms with E-state index in [1.807, 2.05) is 42.1 Å². The van der Waals surface area contributed by atoms with E-state index in [-0.39, 0.29) is 0 Å². The van der Waals surface area contributed by atoms with Crippen LogP contribution in [0.1, 0.15) is 16.6 Å². The number of nitrogens with zero attached hydrogens (tertiary/aromatic N) is 2. The Morgan fingerprint density at radius 3 is 2.65 bits per heavy atom. The lowest BCUT2D eigenvalue weighted by Crippen LogP contribution is -1.95. The molecule has 4 heteroatoms. The van der Waals surface area contributed by atoms with Gasteiger partial charge < -0.3 is 0 Å². The summed E-state index contributed by atoms with van der Waals surface area (Å²) in [7, 11) is 0. The molecule has 1 unspecified atom stereocenters. The molecule has 1 atom stereocenters. The third-order valence-electron chi connectivity index (χ3n) is 3.49. The summed E-state index contributed by atoms with van der Waals surface area (Å²) in [5.74, 6) is 1.74. The quantitative estimate of drug-likeness (QED) is 0.774. The Bertz CT molecular complexity index is 711. The van der Waals surface area contributed by atoms with Crippen molar-refractivity contribution in [3.8, 4) is 11.4 Å². The number of benzene rings is 2. The molecule has 0 saturated carbocycles. The van der Waals surface area contributed by atoms with Crippen molar-refractivity contribution >= 4 is 11.8 Å². The topological polar surface area (TPSA) is 41.6 Å². The summed E-state index contributed by atoms with van der Waals surface area (Å²) in [6, 6.07) is 18.6. The first-order valence-electron chi connectivity index (χ1n) is 6.62. The largest absolute Gasteiger partial charge is 0.262 e. The fourth-order valence-electron chi connectivity index (χ4n) is 2.47. The molecule has 0 bridgehead atoms. The third-order valence-corrected chi connectivity index (χ3v) is 4.81.